The van der Waals surface area contributed by atoms with Crippen molar-refractivity contribution in [1.29, 1.82) is 0 Å². The third kappa shape index (κ3) is 7.42. The zero-order valence-corrected chi connectivity index (χ0v) is 24.7. The molecule has 2 aromatic carbocycles. The lowest BCUT2D eigenvalue weighted by Gasteiger charge is -2.45. The lowest BCUT2D eigenvalue weighted by atomic mass is 9.95. The molecule has 8 N–H and O–H groups in total. The maximum absolute atomic E-state index is 13.0. The van der Waals surface area contributed by atoms with Crippen LogP contribution in [0, 0.1) is 0 Å². The second kappa shape index (κ2) is 14.0. The van der Waals surface area contributed by atoms with Gasteiger partial charge in [-0.3, -0.25) is 14.4 Å². The van der Waals surface area contributed by atoms with E-state index in [4.69, 9.17) is 33.5 Å². The first kappa shape index (κ1) is 34.3. The Morgan fingerprint density at radius 1 is 0.894 bits per heavy atom. The molecule has 5 rings (SSSR count). The molecule has 0 radical (unpaired) electrons. The average Bonchev–Trinajstić information content (AvgIpc) is 3.01. The van der Waals surface area contributed by atoms with Gasteiger partial charge in [0.1, 0.15) is 84.3 Å². The maximum atomic E-state index is 13.0. The molecular formula is C30H34O17. The number of ether oxygens (including phenoxy) is 6. The van der Waals surface area contributed by atoms with Gasteiger partial charge in [-0.15, -0.1) is 0 Å². The van der Waals surface area contributed by atoms with E-state index in [0.29, 0.717) is 5.56 Å². The Kier molecular flexibility index (Phi) is 10.2. The van der Waals surface area contributed by atoms with E-state index in [1.54, 1.807) is 12.1 Å². The lowest BCUT2D eigenvalue weighted by Crippen LogP contribution is -2.64. The molecule has 11 atom stereocenters. The highest BCUT2D eigenvalue weighted by atomic mass is 16.8. The number of rotatable bonds is 9. The average molecular weight is 667 g/mol. The van der Waals surface area contributed by atoms with E-state index in [9.17, 15) is 50.1 Å². The number of carboxylic acids is 1. The Morgan fingerprint density at radius 3 is 2.28 bits per heavy atom. The Hall–Kier alpha value is -4.07. The predicted octanol–water partition coefficient (Wildman–Crippen LogP) is -1.14. The number of phenolic OH excluding ortho intramolecular Hbond substituents is 2. The van der Waals surface area contributed by atoms with Crippen LogP contribution in [0.5, 0.6) is 23.0 Å². The molecule has 17 heteroatoms. The molecule has 2 aromatic rings. The number of hydrogen-bond donors (Lipinski definition) is 8. The zero-order chi connectivity index (χ0) is 34.2. The summed E-state index contributed by atoms with van der Waals surface area (Å²) in [5, 5.41) is 81.8. The topological polar surface area (TPSA) is 268 Å². The molecule has 3 aliphatic rings. The fourth-order valence-electron chi connectivity index (χ4n) is 5.40. The monoisotopic (exact) mass is 666 g/mol. The van der Waals surface area contributed by atoms with Crippen LogP contribution in [0.4, 0.5) is 0 Å². The van der Waals surface area contributed by atoms with Crippen LogP contribution in [0.25, 0.3) is 0 Å². The summed E-state index contributed by atoms with van der Waals surface area (Å²) in [6.45, 7) is 0.652. The van der Waals surface area contributed by atoms with E-state index in [2.05, 4.69) is 0 Å². The number of carbonyl (C=O) groups excluding carboxylic acids is 2. The SMILES string of the molecule is C[C@@H]1O[C@@H](O[C@H]2[C@H](Oc3cc(O)c4c(c3)O[C@@H](c3ccc(O)cc3)CC4=O)O[C@H](COC(=O)CC(=O)O)[C@H](O)[C@@H]2O)[C@H](O)[C@@H](O)[C@H]1O. The quantitative estimate of drug-likeness (QED) is 0.116. The number of aliphatic hydroxyl groups excluding tert-OH is 5. The van der Waals surface area contributed by atoms with Gasteiger partial charge in [-0.1, -0.05) is 12.1 Å². The van der Waals surface area contributed by atoms with Crippen molar-refractivity contribution >= 4 is 17.7 Å². The molecule has 0 aliphatic carbocycles. The van der Waals surface area contributed by atoms with Gasteiger partial charge in [0.05, 0.1) is 12.5 Å². The van der Waals surface area contributed by atoms with Gasteiger partial charge in [0.2, 0.25) is 6.29 Å². The van der Waals surface area contributed by atoms with Crippen LogP contribution in [0.2, 0.25) is 0 Å². The molecule has 0 unspecified atom stereocenters. The Morgan fingerprint density at radius 2 is 1.60 bits per heavy atom. The molecule has 2 saturated heterocycles. The summed E-state index contributed by atoms with van der Waals surface area (Å²) in [6, 6.07) is 8.25. The van der Waals surface area contributed by atoms with Gasteiger partial charge in [0.15, 0.2) is 18.2 Å². The lowest BCUT2D eigenvalue weighted by molar-refractivity contribution is -0.354. The Labute approximate surface area is 266 Å². The zero-order valence-electron chi connectivity index (χ0n) is 24.7. The number of esters is 1. The number of carboxylic acid groups (broad SMARTS) is 1. The van der Waals surface area contributed by atoms with Crippen LogP contribution in [0.1, 0.15) is 41.8 Å². The first-order valence-corrected chi connectivity index (χ1v) is 14.5. The van der Waals surface area contributed by atoms with Crippen LogP contribution in [-0.4, -0.2) is 127 Å². The number of hydrogen-bond acceptors (Lipinski definition) is 16. The molecule has 47 heavy (non-hydrogen) atoms. The molecule has 0 spiro atoms. The minimum absolute atomic E-state index is 0.00224. The molecule has 17 nitrogen and oxygen atoms in total. The predicted molar refractivity (Wildman–Crippen MR) is 150 cm³/mol. The summed E-state index contributed by atoms with van der Waals surface area (Å²) in [4.78, 5) is 35.6. The number of benzene rings is 2. The van der Waals surface area contributed by atoms with Crippen LogP contribution < -0.4 is 9.47 Å². The molecular weight excluding hydrogens is 632 g/mol. The van der Waals surface area contributed by atoms with Crippen molar-refractivity contribution in [1.82, 2.24) is 0 Å². The number of carbonyl (C=O) groups is 3. The summed E-state index contributed by atoms with van der Waals surface area (Å²) in [7, 11) is 0. The van der Waals surface area contributed by atoms with Gasteiger partial charge in [-0.25, -0.2) is 0 Å². The van der Waals surface area contributed by atoms with E-state index in [1.165, 1.54) is 25.1 Å². The Balaban J connectivity index is 1.42. The van der Waals surface area contributed by atoms with E-state index in [-0.39, 0.29) is 29.2 Å². The van der Waals surface area contributed by atoms with Crippen molar-refractivity contribution in [3.8, 4) is 23.0 Å². The third-order valence-corrected chi connectivity index (χ3v) is 7.94. The Bertz CT molecular complexity index is 1460. The molecule has 256 valence electrons. The summed E-state index contributed by atoms with van der Waals surface area (Å²) >= 11 is 0. The summed E-state index contributed by atoms with van der Waals surface area (Å²) in [5.74, 6) is -3.90. The molecule has 0 saturated carbocycles. The van der Waals surface area contributed by atoms with Crippen molar-refractivity contribution in [2.45, 2.75) is 87.3 Å². The molecule has 3 aliphatic heterocycles. The third-order valence-electron chi connectivity index (χ3n) is 7.94. The first-order chi connectivity index (χ1) is 22.2. The van der Waals surface area contributed by atoms with Crippen molar-refractivity contribution in [2.75, 3.05) is 6.61 Å². The summed E-state index contributed by atoms with van der Waals surface area (Å²) < 4.78 is 33.7. The van der Waals surface area contributed by atoms with Crippen LogP contribution >= 0.6 is 0 Å². The second-order valence-corrected chi connectivity index (χ2v) is 11.3. The van der Waals surface area contributed by atoms with Crippen molar-refractivity contribution in [2.24, 2.45) is 0 Å². The van der Waals surface area contributed by atoms with E-state index < -0.39 is 104 Å². The second-order valence-electron chi connectivity index (χ2n) is 11.3. The fraction of sp³-hybridized carbons (Fsp3) is 0.500. The normalized spacial score (nSPS) is 33.7. The number of ketones is 1. The van der Waals surface area contributed by atoms with E-state index in [1.807, 2.05) is 0 Å². The summed E-state index contributed by atoms with van der Waals surface area (Å²) in [5.41, 5.74) is 0.422. The summed E-state index contributed by atoms with van der Waals surface area (Å²) in [6.07, 6.45) is -18.4. The molecule has 2 fully saturated rings. The number of Topliss-reactive ketones (excluding diaryl/α,β-unsaturated/α-hetero) is 1. The van der Waals surface area contributed by atoms with E-state index in [0.717, 1.165) is 6.07 Å². The van der Waals surface area contributed by atoms with Crippen LogP contribution in [0.3, 0.4) is 0 Å². The smallest absolute Gasteiger partial charge is 0.317 e. The van der Waals surface area contributed by atoms with Gasteiger partial charge in [0.25, 0.3) is 0 Å². The molecule has 0 aromatic heterocycles. The van der Waals surface area contributed by atoms with Gasteiger partial charge >= 0.3 is 11.9 Å². The minimum Gasteiger partial charge on any atom is -0.508 e. The number of fused-ring (bicyclic) bond motifs is 1. The van der Waals surface area contributed by atoms with Crippen molar-refractivity contribution in [3.05, 3.63) is 47.5 Å². The highest BCUT2D eigenvalue weighted by molar-refractivity contribution is 6.02. The van der Waals surface area contributed by atoms with E-state index >= 15 is 0 Å². The van der Waals surface area contributed by atoms with Gasteiger partial charge < -0.3 is 69.3 Å². The highest BCUT2D eigenvalue weighted by Crippen LogP contribution is 2.43. The molecule has 0 amide bonds. The van der Waals surface area contributed by atoms with Gasteiger partial charge in [-0.05, 0) is 24.6 Å². The van der Waals surface area contributed by atoms with Crippen molar-refractivity contribution in [3.63, 3.8) is 0 Å². The number of phenols is 2. The number of aliphatic hydroxyl groups is 5. The van der Waals surface area contributed by atoms with Crippen LogP contribution in [-0.2, 0) is 28.5 Å². The largest absolute Gasteiger partial charge is 0.508 e. The van der Waals surface area contributed by atoms with Gasteiger partial charge in [-0.2, -0.15) is 0 Å². The highest BCUT2D eigenvalue weighted by Gasteiger charge is 2.51. The minimum atomic E-state index is -1.91. The number of aromatic hydroxyl groups is 2. The standard InChI is InChI=1S/C30H34O17/c1-11-23(37)25(39)27(41)29(43-11)47-28-26(40)24(38)19(10-42-21(36)9-20(34)35)46-30(28)44-14-6-15(32)22-16(33)8-17(45-18(22)7-14)12-2-4-13(31)5-3-12/h2-7,11,17,19,23-32,37-41H,8-10H2,1H3,(H,34,35)/t11-,17+,19+,23-,24-,25-,26-,27+,28+,29-,30+/m0/s1. The fourth-order valence-corrected chi connectivity index (χ4v) is 5.40. The maximum Gasteiger partial charge on any atom is 0.317 e. The number of aliphatic carboxylic acids is 1. The molecule has 0 bridgehead atoms. The van der Waals surface area contributed by atoms with Crippen LogP contribution in [0.15, 0.2) is 36.4 Å². The van der Waals surface area contributed by atoms with Crippen molar-refractivity contribution < 1.29 is 83.7 Å². The molecule has 3 heterocycles. The van der Waals surface area contributed by atoms with Gasteiger partial charge in [0, 0.05) is 12.1 Å². The first-order valence-electron chi connectivity index (χ1n) is 14.5.